The van der Waals surface area contributed by atoms with Gasteiger partial charge in [-0.3, -0.25) is 4.98 Å². The molecule has 84 valence electrons. The topological polar surface area (TPSA) is 48.1 Å². The molecule has 0 aliphatic rings. The van der Waals surface area contributed by atoms with E-state index in [9.17, 15) is 0 Å². The number of ether oxygens (including phenoxy) is 1. The van der Waals surface area contributed by atoms with Gasteiger partial charge in [0.25, 0.3) is 0 Å². The highest BCUT2D eigenvalue weighted by Gasteiger charge is 2.10. The van der Waals surface area contributed by atoms with Crippen molar-refractivity contribution in [1.29, 1.82) is 0 Å². The fourth-order valence-corrected chi connectivity index (χ4v) is 1.55. The van der Waals surface area contributed by atoms with Crippen LogP contribution in [-0.4, -0.2) is 18.2 Å². The summed E-state index contributed by atoms with van der Waals surface area (Å²) in [5.41, 5.74) is 9.25. The van der Waals surface area contributed by atoms with E-state index in [0.717, 1.165) is 29.8 Å². The van der Waals surface area contributed by atoms with Crippen molar-refractivity contribution in [2.45, 2.75) is 33.2 Å². The number of aromatic nitrogens is 1. The Morgan fingerprint density at radius 2 is 2.20 bits per heavy atom. The summed E-state index contributed by atoms with van der Waals surface area (Å²) >= 11 is 0. The van der Waals surface area contributed by atoms with Crippen molar-refractivity contribution < 1.29 is 4.74 Å². The van der Waals surface area contributed by atoms with Gasteiger partial charge in [0.15, 0.2) is 0 Å². The van der Waals surface area contributed by atoms with Crippen LogP contribution in [-0.2, 0) is 4.74 Å². The molecule has 1 atom stereocenters. The number of nitrogens with two attached hydrogens (primary N) is 1. The molecule has 0 bridgehead atoms. The molecule has 3 nitrogen and oxygen atoms in total. The lowest BCUT2D eigenvalue weighted by molar-refractivity contribution is 0.120. The number of hydrogen-bond donors (Lipinski definition) is 1. The molecule has 1 unspecified atom stereocenters. The minimum absolute atomic E-state index is 0.114. The molecular formula is C12H20N2O. The average molecular weight is 208 g/mol. The van der Waals surface area contributed by atoms with Crippen LogP contribution < -0.4 is 5.73 Å². The molecule has 1 rings (SSSR count). The second-order valence-corrected chi connectivity index (χ2v) is 3.90. The van der Waals surface area contributed by atoms with Gasteiger partial charge >= 0.3 is 0 Å². The minimum Gasteiger partial charge on any atom is -0.379 e. The fraction of sp³-hybridized carbons (Fsp3) is 0.583. The largest absolute Gasteiger partial charge is 0.379 e. The lowest BCUT2D eigenvalue weighted by Gasteiger charge is -2.14. The van der Waals surface area contributed by atoms with Gasteiger partial charge in [0, 0.05) is 12.8 Å². The Labute approximate surface area is 91.7 Å². The van der Waals surface area contributed by atoms with E-state index in [1.165, 1.54) is 0 Å². The van der Waals surface area contributed by atoms with Gasteiger partial charge in [0.05, 0.1) is 18.3 Å². The summed E-state index contributed by atoms with van der Waals surface area (Å²) in [6, 6.07) is 1.99. The van der Waals surface area contributed by atoms with Gasteiger partial charge < -0.3 is 10.5 Å². The van der Waals surface area contributed by atoms with Crippen LogP contribution >= 0.6 is 0 Å². The van der Waals surface area contributed by atoms with E-state index in [4.69, 9.17) is 10.5 Å². The number of aryl methyl sites for hydroxylation is 2. The van der Waals surface area contributed by atoms with E-state index in [1.807, 2.05) is 20.0 Å². The Balaban J connectivity index is 2.61. The maximum absolute atomic E-state index is 6.00. The Kier molecular flexibility index (Phi) is 4.72. The lowest BCUT2D eigenvalue weighted by Crippen LogP contribution is -2.20. The molecule has 0 fully saturated rings. The van der Waals surface area contributed by atoms with E-state index in [0.29, 0.717) is 6.61 Å². The quantitative estimate of drug-likeness (QED) is 0.754. The number of pyridine rings is 1. The van der Waals surface area contributed by atoms with Gasteiger partial charge in [-0.1, -0.05) is 13.0 Å². The van der Waals surface area contributed by atoms with Crippen LogP contribution in [0, 0.1) is 13.8 Å². The first-order valence-electron chi connectivity index (χ1n) is 5.41. The van der Waals surface area contributed by atoms with Crippen LogP contribution in [0.1, 0.15) is 36.2 Å². The van der Waals surface area contributed by atoms with Crippen LogP contribution in [0.5, 0.6) is 0 Å². The zero-order valence-corrected chi connectivity index (χ0v) is 9.79. The van der Waals surface area contributed by atoms with Crippen LogP contribution in [0.2, 0.25) is 0 Å². The van der Waals surface area contributed by atoms with Gasteiger partial charge in [-0.2, -0.15) is 0 Å². The third-order valence-electron chi connectivity index (χ3n) is 2.25. The highest BCUT2D eigenvalue weighted by atomic mass is 16.5. The number of nitrogens with zero attached hydrogens (tertiary/aromatic N) is 1. The highest BCUT2D eigenvalue weighted by Crippen LogP contribution is 2.14. The van der Waals surface area contributed by atoms with Crippen molar-refractivity contribution in [3.63, 3.8) is 0 Å². The van der Waals surface area contributed by atoms with Crippen molar-refractivity contribution >= 4 is 0 Å². The Bertz CT molecular complexity index is 312. The predicted octanol–water partition coefficient (Wildman–Crippen LogP) is 2.12. The molecule has 2 N–H and O–H groups in total. The van der Waals surface area contributed by atoms with Crippen molar-refractivity contribution in [3.05, 3.63) is 29.1 Å². The summed E-state index contributed by atoms with van der Waals surface area (Å²) in [6.07, 6.45) is 2.87. The molecule has 3 heteroatoms. The van der Waals surface area contributed by atoms with Crippen molar-refractivity contribution in [1.82, 2.24) is 4.98 Å². The molecular weight excluding hydrogens is 188 g/mol. The normalized spacial score (nSPS) is 12.8. The summed E-state index contributed by atoms with van der Waals surface area (Å²) in [6.45, 7) is 7.46. The Morgan fingerprint density at radius 3 is 2.80 bits per heavy atom. The molecule has 0 saturated heterocycles. The smallest absolute Gasteiger partial charge is 0.0710 e. The van der Waals surface area contributed by atoms with Gasteiger partial charge in [0.1, 0.15) is 0 Å². The zero-order valence-electron chi connectivity index (χ0n) is 9.79. The fourth-order valence-electron chi connectivity index (χ4n) is 1.55. The van der Waals surface area contributed by atoms with E-state index < -0.39 is 0 Å². The molecule has 0 aromatic carbocycles. The van der Waals surface area contributed by atoms with Crippen molar-refractivity contribution in [2.75, 3.05) is 13.2 Å². The highest BCUT2D eigenvalue weighted by molar-refractivity contribution is 5.25. The first-order valence-corrected chi connectivity index (χ1v) is 5.41. The standard InChI is InChI=1S/C12H20N2O/c1-4-5-15-8-11(13)12-10(3)6-9(2)7-14-12/h6-7,11H,4-5,8,13H2,1-3H3. The molecule has 0 radical (unpaired) electrons. The third-order valence-corrected chi connectivity index (χ3v) is 2.25. The SMILES string of the molecule is CCCOCC(N)c1ncc(C)cc1C. The van der Waals surface area contributed by atoms with Gasteiger partial charge in [-0.05, 0) is 31.4 Å². The van der Waals surface area contributed by atoms with E-state index in [-0.39, 0.29) is 6.04 Å². The summed E-state index contributed by atoms with van der Waals surface area (Å²) in [7, 11) is 0. The number of hydrogen-bond acceptors (Lipinski definition) is 3. The molecule has 0 aliphatic heterocycles. The van der Waals surface area contributed by atoms with Crippen molar-refractivity contribution in [2.24, 2.45) is 5.73 Å². The zero-order chi connectivity index (χ0) is 11.3. The second kappa shape index (κ2) is 5.83. The average Bonchev–Trinajstić information content (AvgIpc) is 2.17. The summed E-state index contributed by atoms with van der Waals surface area (Å²) in [4.78, 5) is 4.35. The second-order valence-electron chi connectivity index (χ2n) is 3.90. The predicted molar refractivity (Wildman–Crippen MR) is 61.7 cm³/mol. The molecule has 1 aromatic heterocycles. The van der Waals surface area contributed by atoms with Gasteiger partial charge in [-0.15, -0.1) is 0 Å². The molecule has 1 heterocycles. The van der Waals surface area contributed by atoms with E-state index in [1.54, 1.807) is 0 Å². The van der Waals surface area contributed by atoms with Gasteiger partial charge in [-0.25, -0.2) is 0 Å². The third kappa shape index (κ3) is 3.61. The molecule has 0 saturated carbocycles. The van der Waals surface area contributed by atoms with Crippen LogP contribution in [0.15, 0.2) is 12.3 Å². The molecule has 0 aliphatic carbocycles. The van der Waals surface area contributed by atoms with Gasteiger partial charge in [0.2, 0.25) is 0 Å². The summed E-state index contributed by atoms with van der Waals surface area (Å²) in [5, 5.41) is 0. The van der Waals surface area contributed by atoms with E-state index in [2.05, 4.69) is 18.0 Å². The number of rotatable bonds is 5. The van der Waals surface area contributed by atoms with Crippen molar-refractivity contribution in [3.8, 4) is 0 Å². The van der Waals surface area contributed by atoms with Crippen LogP contribution in [0.4, 0.5) is 0 Å². The Hall–Kier alpha value is -0.930. The Morgan fingerprint density at radius 1 is 1.47 bits per heavy atom. The molecule has 0 spiro atoms. The summed E-state index contributed by atoms with van der Waals surface area (Å²) < 4.78 is 5.42. The minimum atomic E-state index is -0.114. The lowest BCUT2D eigenvalue weighted by atomic mass is 10.1. The van der Waals surface area contributed by atoms with Crippen LogP contribution in [0.25, 0.3) is 0 Å². The maximum atomic E-state index is 6.00. The first kappa shape index (κ1) is 12.1. The molecule has 15 heavy (non-hydrogen) atoms. The maximum Gasteiger partial charge on any atom is 0.0710 e. The first-order chi connectivity index (χ1) is 7.15. The molecule has 1 aromatic rings. The monoisotopic (exact) mass is 208 g/mol. The summed E-state index contributed by atoms with van der Waals surface area (Å²) in [5.74, 6) is 0. The molecule has 0 amide bonds. The van der Waals surface area contributed by atoms with E-state index >= 15 is 0 Å². The van der Waals surface area contributed by atoms with Crippen LogP contribution in [0.3, 0.4) is 0 Å².